The van der Waals surface area contributed by atoms with Crippen molar-refractivity contribution < 1.29 is 35.9 Å². The molecule has 2 aliphatic rings. The number of alkyl halides is 3. The van der Waals surface area contributed by atoms with Crippen molar-refractivity contribution in [2.45, 2.75) is 31.7 Å². The van der Waals surface area contributed by atoms with Gasteiger partial charge in [0, 0.05) is 30.5 Å². The first-order valence-corrected chi connectivity index (χ1v) is 11.0. The number of benzene rings is 1. The molecule has 0 radical (unpaired) electrons. The number of aromatic nitrogens is 3. The van der Waals surface area contributed by atoms with E-state index in [-0.39, 0.29) is 42.3 Å². The quantitative estimate of drug-likeness (QED) is 0.467. The monoisotopic (exact) mass is 524 g/mol. The van der Waals surface area contributed by atoms with Gasteiger partial charge in [0.05, 0.1) is 25.3 Å². The van der Waals surface area contributed by atoms with Gasteiger partial charge in [-0.2, -0.15) is 23.4 Å². The van der Waals surface area contributed by atoms with Crippen LogP contribution in [0.25, 0.3) is 5.82 Å². The SMILES string of the molecule is Cc1cc(C(F)(F)F)nn1-c1cc(OC2CN(C(=O)N3N=CC[C@H]3c3cc(F)cc(F)c3)C2)c(F)cn1. The summed E-state index contributed by atoms with van der Waals surface area (Å²) in [6.45, 7) is 1.52. The Morgan fingerprint density at radius 1 is 1.05 bits per heavy atom. The zero-order valence-electron chi connectivity index (χ0n) is 19.1. The van der Waals surface area contributed by atoms with Gasteiger partial charge in [0.1, 0.15) is 17.7 Å². The van der Waals surface area contributed by atoms with E-state index in [2.05, 4.69) is 15.2 Å². The molecule has 14 heteroatoms. The highest BCUT2D eigenvalue weighted by molar-refractivity contribution is 5.79. The molecule has 4 heterocycles. The fraction of sp³-hybridized carbons (Fsp3) is 0.304. The summed E-state index contributed by atoms with van der Waals surface area (Å²) in [6, 6.07) is 3.76. The first kappa shape index (κ1) is 24.6. The third kappa shape index (κ3) is 4.82. The van der Waals surface area contributed by atoms with Crippen LogP contribution in [0, 0.1) is 24.4 Å². The number of carbonyl (C=O) groups is 1. The largest absolute Gasteiger partial charge is 0.483 e. The van der Waals surface area contributed by atoms with Crippen LogP contribution in [0.5, 0.6) is 5.75 Å². The number of pyridine rings is 1. The number of ether oxygens (including phenoxy) is 1. The molecule has 194 valence electrons. The first-order chi connectivity index (χ1) is 17.5. The van der Waals surface area contributed by atoms with E-state index in [4.69, 9.17) is 4.74 Å². The molecular formula is C23H18F6N6O2. The molecule has 0 spiro atoms. The minimum atomic E-state index is -4.65. The number of aryl methyl sites for hydroxylation is 1. The molecule has 37 heavy (non-hydrogen) atoms. The number of nitrogens with zero attached hydrogens (tertiary/aromatic N) is 6. The van der Waals surface area contributed by atoms with Crippen LogP contribution in [-0.2, 0) is 6.18 Å². The lowest BCUT2D eigenvalue weighted by atomic mass is 10.0. The summed E-state index contributed by atoms with van der Waals surface area (Å²) >= 11 is 0. The van der Waals surface area contributed by atoms with Gasteiger partial charge in [-0.05, 0) is 30.7 Å². The fourth-order valence-corrected chi connectivity index (χ4v) is 4.10. The van der Waals surface area contributed by atoms with Crippen molar-refractivity contribution in [2.75, 3.05) is 13.1 Å². The van der Waals surface area contributed by atoms with Crippen LogP contribution in [0.15, 0.2) is 41.6 Å². The predicted octanol–water partition coefficient (Wildman–Crippen LogP) is 4.63. The second-order valence-electron chi connectivity index (χ2n) is 8.58. The topological polar surface area (TPSA) is 75.8 Å². The van der Waals surface area contributed by atoms with Crippen molar-refractivity contribution in [1.82, 2.24) is 24.7 Å². The molecule has 5 rings (SSSR count). The van der Waals surface area contributed by atoms with E-state index < -0.39 is 47.5 Å². The van der Waals surface area contributed by atoms with Gasteiger partial charge in [-0.15, -0.1) is 0 Å². The zero-order chi connectivity index (χ0) is 26.5. The number of halogens is 6. The van der Waals surface area contributed by atoms with Crippen LogP contribution in [-0.4, -0.2) is 56.1 Å². The molecule has 2 aliphatic heterocycles. The van der Waals surface area contributed by atoms with Gasteiger partial charge in [0.25, 0.3) is 0 Å². The Balaban J connectivity index is 1.25. The average Bonchev–Trinajstić information content (AvgIpc) is 3.43. The standard InChI is InChI=1S/C23H18F6N6O2/c1-12-4-20(23(27,28)29)32-34(12)21-8-19(17(26)9-30-21)37-16-10-33(11-16)22(36)35-18(2-3-31-35)13-5-14(24)7-15(25)6-13/h3-9,16,18H,2,10-11H2,1H3/t18-/m0/s1. The Hall–Kier alpha value is -4.10. The Morgan fingerprint density at radius 3 is 2.41 bits per heavy atom. The van der Waals surface area contributed by atoms with Crippen molar-refractivity contribution in [3.05, 3.63) is 70.9 Å². The Bertz CT molecular complexity index is 1360. The highest BCUT2D eigenvalue weighted by Crippen LogP contribution is 2.33. The minimum Gasteiger partial charge on any atom is -0.483 e. The first-order valence-electron chi connectivity index (χ1n) is 11.0. The maximum Gasteiger partial charge on any atom is 0.435 e. The van der Waals surface area contributed by atoms with E-state index in [9.17, 15) is 31.1 Å². The molecule has 0 saturated carbocycles. The van der Waals surface area contributed by atoms with Crippen LogP contribution in [0.4, 0.5) is 31.1 Å². The van der Waals surface area contributed by atoms with Crippen LogP contribution in [0.2, 0.25) is 0 Å². The van der Waals surface area contributed by atoms with Gasteiger partial charge in [-0.1, -0.05) is 0 Å². The van der Waals surface area contributed by atoms with E-state index in [1.54, 1.807) is 0 Å². The number of urea groups is 1. The maximum absolute atomic E-state index is 14.3. The number of amides is 2. The van der Waals surface area contributed by atoms with E-state index in [0.29, 0.717) is 0 Å². The lowest BCUT2D eigenvalue weighted by Gasteiger charge is -2.41. The summed E-state index contributed by atoms with van der Waals surface area (Å²) in [5, 5.41) is 8.63. The van der Waals surface area contributed by atoms with Crippen LogP contribution in [0.3, 0.4) is 0 Å². The van der Waals surface area contributed by atoms with Crippen LogP contribution < -0.4 is 4.74 Å². The summed E-state index contributed by atoms with van der Waals surface area (Å²) in [5.41, 5.74) is -0.724. The maximum atomic E-state index is 14.3. The highest BCUT2D eigenvalue weighted by atomic mass is 19.4. The van der Waals surface area contributed by atoms with Gasteiger partial charge in [0.15, 0.2) is 23.1 Å². The van der Waals surface area contributed by atoms with Gasteiger partial charge in [-0.3, -0.25) is 0 Å². The number of carbonyl (C=O) groups excluding carboxylic acids is 1. The van der Waals surface area contributed by atoms with Crippen molar-refractivity contribution in [2.24, 2.45) is 5.10 Å². The Labute approximate surface area is 205 Å². The van der Waals surface area contributed by atoms with Crippen LogP contribution >= 0.6 is 0 Å². The lowest BCUT2D eigenvalue weighted by molar-refractivity contribution is -0.141. The summed E-state index contributed by atoms with van der Waals surface area (Å²) in [5.74, 6) is -2.73. The molecule has 8 nitrogen and oxygen atoms in total. The number of rotatable bonds is 4. The molecule has 0 aliphatic carbocycles. The van der Waals surface area contributed by atoms with Gasteiger partial charge in [0.2, 0.25) is 0 Å². The van der Waals surface area contributed by atoms with Gasteiger partial charge in [-0.25, -0.2) is 32.6 Å². The number of hydrogen-bond donors (Lipinski definition) is 0. The lowest BCUT2D eigenvalue weighted by Crippen LogP contribution is -2.58. The summed E-state index contributed by atoms with van der Waals surface area (Å²) in [7, 11) is 0. The normalized spacial score (nSPS) is 17.9. The van der Waals surface area contributed by atoms with Crippen LogP contribution in [0.1, 0.15) is 29.4 Å². The smallest absolute Gasteiger partial charge is 0.435 e. The number of hydrogen-bond acceptors (Lipinski definition) is 5. The average molecular weight is 524 g/mol. The van der Waals surface area contributed by atoms with Crippen molar-refractivity contribution >= 4 is 12.2 Å². The molecule has 0 N–H and O–H groups in total. The fourth-order valence-electron chi connectivity index (χ4n) is 4.10. The summed E-state index contributed by atoms with van der Waals surface area (Å²) in [6.07, 6.45) is -2.72. The molecule has 0 unspecified atom stereocenters. The Kier molecular flexibility index (Phi) is 6.04. The number of hydrazone groups is 1. The van der Waals surface area contributed by atoms with Gasteiger partial charge < -0.3 is 9.64 Å². The second kappa shape index (κ2) is 9.09. The van der Waals surface area contributed by atoms with Gasteiger partial charge >= 0.3 is 12.2 Å². The molecule has 3 aromatic rings. The van der Waals surface area contributed by atoms with Crippen molar-refractivity contribution in [3.8, 4) is 11.6 Å². The zero-order valence-corrected chi connectivity index (χ0v) is 19.1. The third-order valence-corrected chi connectivity index (χ3v) is 5.91. The molecule has 0 bridgehead atoms. The molecule has 2 amide bonds. The van der Waals surface area contributed by atoms with E-state index in [1.165, 1.54) is 18.0 Å². The molecule has 1 atom stereocenters. The second-order valence-corrected chi connectivity index (χ2v) is 8.58. The molecule has 2 aromatic heterocycles. The summed E-state index contributed by atoms with van der Waals surface area (Å²) < 4.78 is 87.1. The van der Waals surface area contributed by atoms with E-state index >= 15 is 0 Å². The highest BCUT2D eigenvalue weighted by Gasteiger charge is 2.39. The number of likely N-dealkylation sites (tertiary alicyclic amines) is 1. The Morgan fingerprint density at radius 2 is 1.76 bits per heavy atom. The van der Waals surface area contributed by atoms with Crippen molar-refractivity contribution in [3.63, 3.8) is 0 Å². The minimum absolute atomic E-state index is 0.0607. The molecule has 1 saturated heterocycles. The summed E-state index contributed by atoms with van der Waals surface area (Å²) in [4.78, 5) is 18.1. The predicted molar refractivity (Wildman–Crippen MR) is 116 cm³/mol. The van der Waals surface area contributed by atoms with E-state index in [0.717, 1.165) is 46.2 Å². The molecule has 1 fully saturated rings. The van der Waals surface area contributed by atoms with Crippen molar-refractivity contribution in [1.29, 1.82) is 0 Å². The molecular weight excluding hydrogens is 506 g/mol. The van der Waals surface area contributed by atoms with E-state index in [1.807, 2.05) is 0 Å². The third-order valence-electron chi connectivity index (χ3n) is 5.91. The molecule has 1 aromatic carbocycles.